The number of fused-ring (bicyclic) bond motifs is 2. The summed E-state index contributed by atoms with van der Waals surface area (Å²) in [5.41, 5.74) is 3.93. The number of alkyl halides is 3. The molecule has 0 saturated carbocycles. The Hall–Kier alpha value is -4.20. The van der Waals surface area contributed by atoms with Crippen LogP contribution in [0.2, 0.25) is 0 Å². The number of amides is 1. The monoisotopic (exact) mass is 475 g/mol. The smallest absolute Gasteiger partial charge is 0.416 e. The molecule has 5 nitrogen and oxygen atoms in total. The number of para-hydroxylation sites is 2. The van der Waals surface area contributed by atoms with E-state index < -0.39 is 11.7 Å². The minimum atomic E-state index is -4.47. The highest BCUT2D eigenvalue weighted by Crippen LogP contribution is 2.38. The zero-order valence-electron chi connectivity index (χ0n) is 18.5. The largest absolute Gasteiger partial charge is 0.493 e. The first-order chi connectivity index (χ1) is 16.9. The van der Waals surface area contributed by atoms with Gasteiger partial charge in [0.2, 0.25) is 5.91 Å². The van der Waals surface area contributed by atoms with Gasteiger partial charge in [-0.3, -0.25) is 9.78 Å². The van der Waals surface area contributed by atoms with E-state index in [0.29, 0.717) is 35.4 Å². The van der Waals surface area contributed by atoms with E-state index in [1.54, 1.807) is 18.3 Å². The second-order valence-electron chi connectivity index (χ2n) is 8.14. The molecule has 1 aliphatic heterocycles. The molecule has 0 aliphatic carbocycles. The molecule has 8 heteroatoms. The lowest BCUT2D eigenvalue weighted by molar-refractivity contribution is -0.137. The number of allylic oxidation sites excluding steroid dienone is 1. The molecule has 0 unspecified atom stereocenters. The molecule has 2 heterocycles. The molecule has 1 N–H and O–H groups in total. The minimum Gasteiger partial charge on any atom is -0.493 e. The number of nitrogens with one attached hydrogen (secondary N) is 1. The Morgan fingerprint density at radius 3 is 2.66 bits per heavy atom. The SMILES string of the molecule is O=C(C=C1CCCOc2cc(C(F)(F)F)ccc21)Nc1cccc(-c2cnc3ccccc3n2)c1. The summed E-state index contributed by atoms with van der Waals surface area (Å²) in [5.74, 6) is -0.247. The molecule has 0 bridgehead atoms. The van der Waals surface area contributed by atoms with Crippen molar-refractivity contribution in [2.45, 2.75) is 19.0 Å². The van der Waals surface area contributed by atoms with Gasteiger partial charge < -0.3 is 10.1 Å². The summed E-state index contributed by atoms with van der Waals surface area (Å²) in [6.07, 6.45) is -0.262. The number of benzene rings is 3. The van der Waals surface area contributed by atoms with Crippen LogP contribution in [0.15, 0.2) is 79.0 Å². The van der Waals surface area contributed by atoms with Gasteiger partial charge in [-0.05, 0) is 54.8 Å². The van der Waals surface area contributed by atoms with Crippen molar-refractivity contribution in [2.75, 3.05) is 11.9 Å². The van der Waals surface area contributed by atoms with Gasteiger partial charge >= 0.3 is 6.18 Å². The van der Waals surface area contributed by atoms with E-state index in [9.17, 15) is 18.0 Å². The summed E-state index contributed by atoms with van der Waals surface area (Å²) in [6.45, 7) is 0.280. The summed E-state index contributed by atoms with van der Waals surface area (Å²) in [4.78, 5) is 21.9. The molecular formula is C27H20F3N3O2. The van der Waals surface area contributed by atoms with Gasteiger partial charge in [0, 0.05) is 22.9 Å². The Bertz CT molecular complexity index is 1450. The van der Waals surface area contributed by atoms with Gasteiger partial charge in [-0.25, -0.2) is 4.98 Å². The second-order valence-corrected chi connectivity index (χ2v) is 8.14. The van der Waals surface area contributed by atoms with Gasteiger partial charge in [-0.2, -0.15) is 13.2 Å². The highest BCUT2D eigenvalue weighted by molar-refractivity contribution is 6.04. The van der Waals surface area contributed by atoms with Crippen molar-refractivity contribution < 1.29 is 22.7 Å². The Balaban J connectivity index is 1.39. The van der Waals surface area contributed by atoms with Crippen LogP contribution in [0.4, 0.5) is 18.9 Å². The number of carbonyl (C=O) groups is 1. The summed E-state index contributed by atoms with van der Waals surface area (Å²) >= 11 is 0. The topological polar surface area (TPSA) is 64.1 Å². The first-order valence-electron chi connectivity index (χ1n) is 11.0. The Kier molecular flexibility index (Phi) is 5.94. The summed E-state index contributed by atoms with van der Waals surface area (Å²) in [5, 5.41) is 2.84. The molecule has 0 atom stereocenters. The van der Waals surface area contributed by atoms with Gasteiger partial charge in [-0.15, -0.1) is 0 Å². The molecule has 176 valence electrons. The van der Waals surface area contributed by atoms with Gasteiger partial charge in [0.05, 0.1) is 35.1 Å². The molecule has 0 fully saturated rings. The minimum absolute atomic E-state index is 0.133. The van der Waals surface area contributed by atoms with Crippen molar-refractivity contribution in [2.24, 2.45) is 0 Å². The van der Waals surface area contributed by atoms with Gasteiger partial charge in [-0.1, -0.05) is 30.3 Å². The molecule has 0 saturated heterocycles. The van der Waals surface area contributed by atoms with Crippen LogP contribution in [0.5, 0.6) is 5.75 Å². The summed E-state index contributed by atoms with van der Waals surface area (Å²) < 4.78 is 44.8. The molecule has 0 radical (unpaired) electrons. The number of aromatic nitrogens is 2. The first kappa shape index (κ1) is 22.6. The normalized spacial score (nSPS) is 14.8. The molecule has 4 aromatic rings. The standard InChI is InChI=1S/C27H20F3N3O2/c28-27(29,30)19-10-11-21-17(6-4-12-35-25(21)15-19)14-26(34)32-20-7-3-5-18(13-20)24-16-31-22-8-1-2-9-23(22)33-24/h1-3,5,7-11,13-16H,4,6,12H2,(H,32,34). The second kappa shape index (κ2) is 9.21. The zero-order valence-corrected chi connectivity index (χ0v) is 18.5. The van der Waals surface area contributed by atoms with Crippen LogP contribution in [0.25, 0.3) is 27.9 Å². The Morgan fingerprint density at radius 2 is 1.83 bits per heavy atom. The van der Waals surface area contributed by atoms with Crippen LogP contribution < -0.4 is 10.1 Å². The first-order valence-corrected chi connectivity index (χ1v) is 11.0. The average molecular weight is 475 g/mol. The third kappa shape index (κ3) is 5.01. The van der Waals surface area contributed by atoms with E-state index in [1.807, 2.05) is 36.4 Å². The highest BCUT2D eigenvalue weighted by atomic mass is 19.4. The molecule has 1 aromatic heterocycles. The maximum atomic E-state index is 13.1. The van der Waals surface area contributed by atoms with Crippen LogP contribution in [0, 0.1) is 0 Å². The fourth-order valence-corrected chi connectivity index (χ4v) is 4.00. The van der Waals surface area contributed by atoms with Crippen LogP contribution in [0.1, 0.15) is 24.0 Å². The van der Waals surface area contributed by atoms with Crippen molar-refractivity contribution in [3.05, 3.63) is 90.1 Å². The van der Waals surface area contributed by atoms with Gasteiger partial charge in [0.15, 0.2) is 0 Å². The maximum absolute atomic E-state index is 13.1. The van der Waals surface area contributed by atoms with Crippen LogP contribution in [0.3, 0.4) is 0 Å². The van der Waals surface area contributed by atoms with E-state index >= 15 is 0 Å². The zero-order chi connectivity index (χ0) is 24.4. The van der Waals surface area contributed by atoms with Crippen molar-refractivity contribution in [1.29, 1.82) is 0 Å². The number of anilines is 1. The third-order valence-electron chi connectivity index (χ3n) is 5.68. The van der Waals surface area contributed by atoms with Crippen molar-refractivity contribution in [3.63, 3.8) is 0 Å². The lowest BCUT2D eigenvalue weighted by Gasteiger charge is -2.13. The predicted octanol–water partition coefficient (Wildman–Crippen LogP) is 6.51. The number of nitrogens with zero attached hydrogens (tertiary/aromatic N) is 2. The fourth-order valence-electron chi connectivity index (χ4n) is 4.00. The molecule has 1 amide bonds. The molecular weight excluding hydrogens is 455 g/mol. The number of ether oxygens (including phenoxy) is 1. The Labute approximate surface area is 199 Å². The van der Waals surface area contributed by atoms with Crippen molar-refractivity contribution in [1.82, 2.24) is 9.97 Å². The lowest BCUT2D eigenvalue weighted by atomic mass is 9.99. The summed E-state index contributed by atoms with van der Waals surface area (Å²) in [6, 6.07) is 18.2. The van der Waals surface area contributed by atoms with E-state index in [-0.39, 0.29) is 18.3 Å². The van der Waals surface area contributed by atoms with Gasteiger partial charge in [0.1, 0.15) is 5.75 Å². The van der Waals surface area contributed by atoms with E-state index in [0.717, 1.165) is 28.7 Å². The maximum Gasteiger partial charge on any atom is 0.416 e. The van der Waals surface area contributed by atoms with E-state index in [4.69, 9.17) is 4.74 Å². The number of rotatable bonds is 3. The molecule has 5 rings (SSSR count). The number of carbonyl (C=O) groups excluding carboxylic acids is 1. The summed E-state index contributed by atoms with van der Waals surface area (Å²) in [7, 11) is 0. The highest BCUT2D eigenvalue weighted by Gasteiger charge is 2.32. The predicted molar refractivity (Wildman–Crippen MR) is 128 cm³/mol. The quantitative estimate of drug-likeness (QED) is 0.343. The van der Waals surface area contributed by atoms with Crippen LogP contribution in [-0.4, -0.2) is 22.5 Å². The van der Waals surface area contributed by atoms with Crippen LogP contribution >= 0.6 is 0 Å². The number of hydrogen-bond acceptors (Lipinski definition) is 4. The van der Waals surface area contributed by atoms with Crippen molar-refractivity contribution in [3.8, 4) is 17.0 Å². The van der Waals surface area contributed by atoms with E-state index in [2.05, 4.69) is 15.3 Å². The fraction of sp³-hybridized carbons (Fsp3) is 0.148. The molecule has 35 heavy (non-hydrogen) atoms. The Morgan fingerprint density at radius 1 is 1.00 bits per heavy atom. The molecule has 0 spiro atoms. The molecule has 1 aliphatic rings. The molecule has 3 aromatic carbocycles. The van der Waals surface area contributed by atoms with E-state index in [1.165, 1.54) is 12.1 Å². The number of hydrogen-bond donors (Lipinski definition) is 1. The lowest BCUT2D eigenvalue weighted by Crippen LogP contribution is -2.09. The third-order valence-corrected chi connectivity index (χ3v) is 5.68. The van der Waals surface area contributed by atoms with Crippen LogP contribution in [-0.2, 0) is 11.0 Å². The average Bonchev–Trinajstić information content (AvgIpc) is 3.05. The van der Waals surface area contributed by atoms with Crippen molar-refractivity contribution >= 4 is 28.2 Å². The number of halogens is 3. The van der Waals surface area contributed by atoms with Gasteiger partial charge in [0.25, 0.3) is 0 Å².